The molecule has 1 amide bonds. The Morgan fingerprint density at radius 1 is 1.03 bits per heavy atom. The van der Waals surface area contributed by atoms with Crippen molar-refractivity contribution in [3.63, 3.8) is 0 Å². The third-order valence-corrected chi connectivity index (χ3v) is 7.88. The number of anilines is 1. The van der Waals surface area contributed by atoms with E-state index in [0.717, 1.165) is 21.6 Å². The molecule has 0 fully saturated rings. The molecule has 5 rings (SSSR count). The molecule has 6 nitrogen and oxygen atoms in total. The SMILES string of the molecule is COC(=O)c1c(NC(=O)C2c3ccccc3Oc3ccccc32)sc2c1CC(C)(C)NC2(C)C. The van der Waals surface area contributed by atoms with Crippen LogP contribution in [0.5, 0.6) is 11.5 Å². The maximum atomic E-state index is 13.8. The molecule has 0 saturated heterocycles. The van der Waals surface area contributed by atoms with E-state index in [9.17, 15) is 9.59 Å². The Bertz CT molecular complexity index is 1260. The second-order valence-corrected chi connectivity index (χ2v) is 11.0. The Morgan fingerprint density at radius 3 is 2.21 bits per heavy atom. The molecule has 176 valence electrons. The van der Waals surface area contributed by atoms with Gasteiger partial charge in [0.1, 0.15) is 16.5 Å². The number of benzene rings is 2. The minimum absolute atomic E-state index is 0.208. The minimum Gasteiger partial charge on any atom is -0.465 e. The molecule has 7 heteroatoms. The molecule has 2 aliphatic rings. The number of esters is 1. The molecule has 0 spiro atoms. The normalized spacial score (nSPS) is 17.6. The van der Waals surface area contributed by atoms with Gasteiger partial charge in [-0.05, 0) is 51.8 Å². The van der Waals surface area contributed by atoms with Crippen LogP contribution in [0.25, 0.3) is 0 Å². The largest absolute Gasteiger partial charge is 0.465 e. The molecule has 2 aromatic carbocycles. The van der Waals surface area contributed by atoms with Gasteiger partial charge >= 0.3 is 5.97 Å². The van der Waals surface area contributed by atoms with Crippen LogP contribution in [0, 0.1) is 0 Å². The molecule has 2 aliphatic heterocycles. The van der Waals surface area contributed by atoms with Crippen LogP contribution in [0.15, 0.2) is 48.5 Å². The molecule has 34 heavy (non-hydrogen) atoms. The quantitative estimate of drug-likeness (QED) is 0.483. The summed E-state index contributed by atoms with van der Waals surface area (Å²) in [6, 6.07) is 15.1. The molecule has 2 N–H and O–H groups in total. The van der Waals surface area contributed by atoms with Gasteiger partial charge in [0, 0.05) is 27.1 Å². The molecule has 3 aromatic rings. The van der Waals surface area contributed by atoms with Crippen molar-refractivity contribution in [3.8, 4) is 11.5 Å². The molecular formula is C27H28N2O4S. The van der Waals surface area contributed by atoms with Gasteiger partial charge in [-0.25, -0.2) is 4.79 Å². The van der Waals surface area contributed by atoms with Gasteiger partial charge in [-0.1, -0.05) is 36.4 Å². The van der Waals surface area contributed by atoms with Crippen molar-refractivity contribution in [1.82, 2.24) is 5.32 Å². The van der Waals surface area contributed by atoms with Gasteiger partial charge in [-0.2, -0.15) is 0 Å². The standard InChI is InChI=1S/C27H28N2O4S/c1-26(2)14-17-21(25(31)32-5)24(34-22(17)27(3,4)29-26)28-23(30)20-15-10-6-8-12-18(15)33-19-13-9-7-11-16(19)20/h6-13,20,29H,14H2,1-5H3,(H,28,30). The summed E-state index contributed by atoms with van der Waals surface area (Å²) < 4.78 is 11.2. The number of nitrogens with one attached hydrogen (secondary N) is 2. The van der Waals surface area contributed by atoms with Crippen molar-refractivity contribution in [2.75, 3.05) is 12.4 Å². The summed E-state index contributed by atoms with van der Waals surface area (Å²) in [7, 11) is 1.38. The lowest BCUT2D eigenvalue weighted by molar-refractivity contribution is -0.116. The second-order valence-electron chi connectivity index (χ2n) is 10.0. The molecule has 0 radical (unpaired) electrons. The van der Waals surface area contributed by atoms with E-state index in [-0.39, 0.29) is 17.0 Å². The van der Waals surface area contributed by atoms with Crippen LogP contribution in [-0.2, 0) is 21.5 Å². The summed E-state index contributed by atoms with van der Waals surface area (Å²) in [5, 5.41) is 7.28. The van der Waals surface area contributed by atoms with E-state index < -0.39 is 11.9 Å². The number of methoxy groups -OCH3 is 1. The van der Waals surface area contributed by atoms with Crippen molar-refractivity contribution in [1.29, 1.82) is 0 Å². The molecule has 1 aromatic heterocycles. The first-order chi connectivity index (χ1) is 16.1. The Morgan fingerprint density at radius 2 is 1.62 bits per heavy atom. The summed E-state index contributed by atoms with van der Waals surface area (Å²) >= 11 is 1.44. The van der Waals surface area contributed by atoms with Gasteiger partial charge in [-0.3, -0.25) is 4.79 Å². The van der Waals surface area contributed by atoms with Crippen LogP contribution in [0.4, 0.5) is 5.00 Å². The first kappa shape index (κ1) is 22.6. The number of amides is 1. The molecule has 3 heterocycles. The van der Waals surface area contributed by atoms with Crippen LogP contribution in [-0.4, -0.2) is 24.5 Å². The summed E-state index contributed by atoms with van der Waals surface area (Å²) in [5.74, 6) is 0.110. The first-order valence-electron chi connectivity index (χ1n) is 11.3. The lowest BCUT2D eigenvalue weighted by Gasteiger charge is -2.42. The van der Waals surface area contributed by atoms with Gasteiger partial charge in [0.25, 0.3) is 0 Å². The lowest BCUT2D eigenvalue weighted by atomic mass is 9.81. The third-order valence-electron chi connectivity index (χ3n) is 6.41. The van der Waals surface area contributed by atoms with E-state index in [2.05, 4.69) is 38.3 Å². The molecule has 0 unspecified atom stereocenters. The maximum Gasteiger partial charge on any atom is 0.341 e. The average Bonchev–Trinajstić information content (AvgIpc) is 3.13. The summed E-state index contributed by atoms with van der Waals surface area (Å²) in [5.41, 5.74) is 2.41. The molecule has 0 saturated carbocycles. The second kappa shape index (κ2) is 7.96. The zero-order valence-corrected chi connectivity index (χ0v) is 20.8. The maximum absolute atomic E-state index is 13.8. The average molecular weight is 477 g/mol. The number of hydrogen-bond acceptors (Lipinski definition) is 6. The van der Waals surface area contributed by atoms with Crippen LogP contribution in [0.2, 0.25) is 0 Å². The summed E-state index contributed by atoms with van der Waals surface area (Å²) in [6.07, 6.45) is 0.658. The van der Waals surface area contributed by atoms with E-state index in [1.165, 1.54) is 18.4 Å². The zero-order chi connectivity index (χ0) is 24.3. The van der Waals surface area contributed by atoms with Gasteiger partial charge in [0.15, 0.2) is 0 Å². The number of rotatable bonds is 3. The van der Waals surface area contributed by atoms with Crippen molar-refractivity contribution in [2.45, 2.75) is 51.1 Å². The number of thiophene rings is 1. The van der Waals surface area contributed by atoms with E-state index in [1.807, 2.05) is 48.5 Å². The highest BCUT2D eigenvalue weighted by Crippen LogP contribution is 2.47. The topological polar surface area (TPSA) is 76.7 Å². The van der Waals surface area contributed by atoms with E-state index in [0.29, 0.717) is 28.5 Å². The fraction of sp³-hybridized carbons (Fsp3) is 0.333. The number of fused-ring (bicyclic) bond motifs is 3. The number of ether oxygens (including phenoxy) is 2. The van der Waals surface area contributed by atoms with Crippen LogP contribution in [0.1, 0.15) is 65.5 Å². The number of carbonyl (C=O) groups excluding carboxylic acids is 2. The van der Waals surface area contributed by atoms with E-state index in [1.54, 1.807) is 0 Å². The van der Waals surface area contributed by atoms with Gasteiger partial charge in [0.2, 0.25) is 5.91 Å². The fourth-order valence-electron chi connectivity index (χ4n) is 5.31. The highest BCUT2D eigenvalue weighted by Gasteiger charge is 2.42. The first-order valence-corrected chi connectivity index (χ1v) is 12.1. The Kier molecular flexibility index (Phi) is 5.30. The van der Waals surface area contributed by atoms with Crippen molar-refractivity contribution in [3.05, 3.63) is 75.7 Å². The summed E-state index contributed by atoms with van der Waals surface area (Å²) in [6.45, 7) is 8.43. The molecular weight excluding hydrogens is 448 g/mol. The number of carbonyl (C=O) groups is 2. The highest BCUT2D eigenvalue weighted by molar-refractivity contribution is 7.17. The fourth-order valence-corrected chi connectivity index (χ4v) is 6.58. The van der Waals surface area contributed by atoms with Crippen molar-refractivity contribution >= 4 is 28.2 Å². The highest BCUT2D eigenvalue weighted by atomic mass is 32.1. The van der Waals surface area contributed by atoms with Crippen LogP contribution >= 0.6 is 11.3 Å². The molecule has 0 aliphatic carbocycles. The van der Waals surface area contributed by atoms with Gasteiger partial charge in [0.05, 0.1) is 18.6 Å². The molecule has 0 bridgehead atoms. The Balaban J connectivity index is 1.60. The lowest BCUT2D eigenvalue weighted by Crippen LogP contribution is -2.55. The van der Waals surface area contributed by atoms with Crippen molar-refractivity contribution < 1.29 is 19.1 Å². The third kappa shape index (κ3) is 3.69. The number of hydrogen-bond donors (Lipinski definition) is 2. The summed E-state index contributed by atoms with van der Waals surface area (Å²) in [4.78, 5) is 27.8. The smallest absolute Gasteiger partial charge is 0.341 e. The zero-order valence-electron chi connectivity index (χ0n) is 19.9. The molecule has 0 atom stereocenters. The predicted octanol–water partition coefficient (Wildman–Crippen LogP) is 5.57. The van der Waals surface area contributed by atoms with Crippen LogP contribution < -0.4 is 15.4 Å². The Hall–Kier alpha value is -3.16. The van der Waals surface area contributed by atoms with Gasteiger partial charge in [-0.15, -0.1) is 11.3 Å². The van der Waals surface area contributed by atoms with Crippen LogP contribution in [0.3, 0.4) is 0 Å². The number of para-hydroxylation sites is 2. The Labute approximate surface area is 203 Å². The monoisotopic (exact) mass is 476 g/mol. The predicted molar refractivity (Wildman–Crippen MR) is 133 cm³/mol. The minimum atomic E-state index is -0.562. The van der Waals surface area contributed by atoms with Gasteiger partial charge < -0.3 is 20.1 Å². The van der Waals surface area contributed by atoms with E-state index >= 15 is 0 Å². The van der Waals surface area contributed by atoms with Crippen molar-refractivity contribution in [2.24, 2.45) is 0 Å². The van der Waals surface area contributed by atoms with E-state index in [4.69, 9.17) is 9.47 Å².